The maximum atomic E-state index is 7.36. The Balaban J connectivity index is 1.07. The third-order valence-electron chi connectivity index (χ3n) is 12.2. The lowest BCUT2D eigenvalue weighted by Gasteiger charge is -2.50. The first-order valence-electron chi connectivity index (χ1n) is 21.9. The van der Waals surface area contributed by atoms with Gasteiger partial charge in [0.05, 0.1) is 45.2 Å². The van der Waals surface area contributed by atoms with Crippen LogP contribution in [0.15, 0.2) is 91.0 Å². The summed E-state index contributed by atoms with van der Waals surface area (Å²) >= 11 is 0. The van der Waals surface area contributed by atoms with Gasteiger partial charge in [-0.15, -0.1) is 0 Å². The number of methoxy groups -OCH3 is 1. The molecule has 3 aromatic carbocycles. The first-order valence-corrected chi connectivity index (χ1v) is 21.9. The smallest absolute Gasteiger partial charge is 0.190 e. The average molecular weight is 863 g/mol. The Kier molecular flexibility index (Phi) is 13.0. The lowest BCUT2D eigenvalue weighted by Crippen LogP contribution is -2.62. The standard InChI is InChI=1S/C48H62O14/c1-45(2)57-38-34(54-44-42(40(38)59-45)61-47(5,6)62-44)24-48(53-29-35-39-41(43(49-7)55-35)60-46(3,4)58-39)23-33(51-26-31-19-13-9-14-20-31)37(52-27-32-21-15-10-16-22-32)36(56-48)28-50-25-30-17-11-8-12-18-30/h8-22,33-44H,23-29H2,1-7H3/t33-,34-,35-,36-,37-,38+,39-,40+,41-,42-,43-,44-,48-/m1/s1. The lowest BCUT2D eigenvalue weighted by molar-refractivity contribution is -0.358. The second kappa shape index (κ2) is 18.2. The maximum absolute atomic E-state index is 7.36. The molecule has 6 aliphatic rings. The van der Waals surface area contributed by atoms with E-state index < -0.39 is 96.8 Å². The van der Waals surface area contributed by atoms with Crippen LogP contribution in [0.4, 0.5) is 0 Å². The lowest BCUT2D eigenvalue weighted by atomic mass is 9.87. The van der Waals surface area contributed by atoms with Crippen molar-refractivity contribution in [1.29, 1.82) is 0 Å². The highest BCUT2D eigenvalue weighted by Gasteiger charge is 2.63. The van der Waals surface area contributed by atoms with Crippen LogP contribution in [0.1, 0.15) is 71.1 Å². The molecule has 14 heteroatoms. The van der Waals surface area contributed by atoms with Crippen LogP contribution in [0, 0.1) is 0 Å². The Hall–Kier alpha value is -2.90. The number of rotatable bonds is 16. The summed E-state index contributed by atoms with van der Waals surface area (Å²) in [5.41, 5.74) is 3.07. The van der Waals surface area contributed by atoms with E-state index in [1.54, 1.807) is 7.11 Å². The van der Waals surface area contributed by atoms with E-state index in [0.717, 1.165) is 16.7 Å². The van der Waals surface area contributed by atoms with Gasteiger partial charge in [-0.05, 0) is 58.2 Å². The van der Waals surface area contributed by atoms with E-state index in [1.807, 2.05) is 133 Å². The highest BCUT2D eigenvalue weighted by molar-refractivity contribution is 5.16. The van der Waals surface area contributed by atoms with Gasteiger partial charge in [0, 0.05) is 20.0 Å². The molecule has 6 saturated heterocycles. The van der Waals surface area contributed by atoms with Crippen molar-refractivity contribution in [2.45, 2.75) is 171 Å². The minimum Gasteiger partial charge on any atom is -0.374 e. The van der Waals surface area contributed by atoms with Crippen LogP contribution in [-0.2, 0) is 86.1 Å². The topological polar surface area (TPSA) is 129 Å². The van der Waals surface area contributed by atoms with Crippen molar-refractivity contribution in [1.82, 2.24) is 0 Å². The zero-order valence-electron chi connectivity index (χ0n) is 36.8. The van der Waals surface area contributed by atoms with E-state index in [-0.39, 0.29) is 26.1 Å². The van der Waals surface area contributed by atoms with Gasteiger partial charge in [-0.25, -0.2) is 0 Å². The summed E-state index contributed by atoms with van der Waals surface area (Å²) in [5, 5.41) is 0. The second-order valence-electron chi connectivity index (χ2n) is 18.4. The minimum atomic E-state index is -1.37. The minimum absolute atomic E-state index is 0.0708. The maximum Gasteiger partial charge on any atom is 0.190 e. The van der Waals surface area contributed by atoms with Crippen LogP contribution in [0.25, 0.3) is 0 Å². The Labute approximate surface area is 364 Å². The summed E-state index contributed by atoms with van der Waals surface area (Å²) in [6.07, 6.45) is -6.32. The summed E-state index contributed by atoms with van der Waals surface area (Å²) in [7, 11) is 1.60. The number of hydrogen-bond donors (Lipinski definition) is 0. The highest BCUT2D eigenvalue weighted by atomic mass is 16.9. The first-order chi connectivity index (χ1) is 29.8. The van der Waals surface area contributed by atoms with Crippen molar-refractivity contribution in [2.24, 2.45) is 0 Å². The van der Waals surface area contributed by atoms with Gasteiger partial charge in [-0.2, -0.15) is 0 Å². The summed E-state index contributed by atoms with van der Waals surface area (Å²) in [6.45, 7) is 12.6. The number of hydrogen-bond acceptors (Lipinski definition) is 14. The molecule has 338 valence electrons. The van der Waals surface area contributed by atoms with Crippen LogP contribution in [0.5, 0.6) is 0 Å². The molecule has 9 rings (SSSR count). The summed E-state index contributed by atoms with van der Waals surface area (Å²) < 4.78 is 92.4. The summed E-state index contributed by atoms with van der Waals surface area (Å²) in [4.78, 5) is 0. The molecule has 0 amide bonds. The van der Waals surface area contributed by atoms with Crippen molar-refractivity contribution in [3.63, 3.8) is 0 Å². The molecular weight excluding hydrogens is 801 g/mol. The quantitative estimate of drug-likeness (QED) is 0.154. The predicted octanol–water partition coefficient (Wildman–Crippen LogP) is 6.55. The van der Waals surface area contributed by atoms with Gasteiger partial charge in [0.25, 0.3) is 0 Å². The predicted molar refractivity (Wildman–Crippen MR) is 221 cm³/mol. The molecule has 0 aromatic heterocycles. The number of fused-ring (bicyclic) bond motifs is 4. The van der Waals surface area contributed by atoms with Gasteiger partial charge in [0.1, 0.15) is 48.8 Å². The fourth-order valence-electron chi connectivity index (χ4n) is 9.61. The molecule has 0 unspecified atom stereocenters. The van der Waals surface area contributed by atoms with Crippen LogP contribution >= 0.6 is 0 Å². The normalized spacial score (nSPS) is 37.8. The fourth-order valence-corrected chi connectivity index (χ4v) is 9.61. The Morgan fingerprint density at radius 1 is 0.516 bits per heavy atom. The third-order valence-corrected chi connectivity index (χ3v) is 12.2. The zero-order valence-corrected chi connectivity index (χ0v) is 36.8. The van der Waals surface area contributed by atoms with E-state index >= 15 is 0 Å². The Morgan fingerprint density at radius 2 is 1.05 bits per heavy atom. The van der Waals surface area contributed by atoms with Gasteiger partial charge in [-0.1, -0.05) is 91.0 Å². The van der Waals surface area contributed by atoms with Crippen molar-refractivity contribution < 1.29 is 66.3 Å². The molecule has 62 heavy (non-hydrogen) atoms. The molecule has 6 heterocycles. The molecule has 6 fully saturated rings. The molecule has 6 aliphatic heterocycles. The highest BCUT2D eigenvalue weighted by Crippen LogP contribution is 2.48. The van der Waals surface area contributed by atoms with E-state index in [9.17, 15) is 0 Å². The Morgan fingerprint density at radius 3 is 1.68 bits per heavy atom. The molecule has 0 bridgehead atoms. The molecule has 13 atom stereocenters. The van der Waals surface area contributed by atoms with Crippen LogP contribution in [0.3, 0.4) is 0 Å². The molecule has 3 aromatic rings. The second-order valence-corrected chi connectivity index (χ2v) is 18.4. The van der Waals surface area contributed by atoms with E-state index in [2.05, 4.69) is 0 Å². The molecule has 0 radical (unpaired) electrons. The fraction of sp³-hybridized carbons (Fsp3) is 0.625. The third kappa shape index (κ3) is 9.99. The first kappa shape index (κ1) is 44.3. The van der Waals surface area contributed by atoms with E-state index in [1.165, 1.54) is 0 Å². The molecule has 0 aliphatic carbocycles. The van der Waals surface area contributed by atoms with Crippen molar-refractivity contribution in [3.8, 4) is 0 Å². The van der Waals surface area contributed by atoms with Gasteiger partial charge in [-0.3, -0.25) is 0 Å². The largest absolute Gasteiger partial charge is 0.374 e. The van der Waals surface area contributed by atoms with Crippen LogP contribution in [-0.4, -0.2) is 117 Å². The van der Waals surface area contributed by atoms with E-state index in [4.69, 9.17) is 66.3 Å². The van der Waals surface area contributed by atoms with Gasteiger partial charge >= 0.3 is 0 Å². The SMILES string of the molecule is CO[C@@H]1O[C@H](CO[C@]2(C[C@H]3O[C@@H]4OC(C)(C)O[C@@H]4[C@H]4OC(C)(C)O[C@H]43)C[C@@H](OCc3ccccc3)[C@@H](OCc3ccccc3)[C@@H](COCc3ccccc3)O2)[C@H]2OC(C)(C)O[C@@H]12. The number of benzene rings is 3. The van der Waals surface area contributed by atoms with Crippen molar-refractivity contribution in [3.05, 3.63) is 108 Å². The summed E-state index contributed by atoms with van der Waals surface area (Å²) in [5.74, 6) is -4.02. The van der Waals surface area contributed by atoms with Gasteiger partial charge in [0.2, 0.25) is 0 Å². The van der Waals surface area contributed by atoms with Crippen LogP contribution < -0.4 is 0 Å². The van der Waals surface area contributed by atoms with E-state index in [0.29, 0.717) is 19.8 Å². The Bertz CT molecular complexity index is 1900. The average Bonchev–Trinajstić information content (AvgIpc) is 3.96. The van der Waals surface area contributed by atoms with Crippen molar-refractivity contribution in [2.75, 3.05) is 20.3 Å². The zero-order chi connectivity index (χ0) is 43.1. The van der Waals surface area contributed by atoms with Crippen molar-refractivity contribution >= 4 is 0 Å². The molecule has 0 spiro atoms. The molecule has 0 N–H and O–H groups in total. The molecule has 14 nitrogen and oxygen atoms in total. The summed E-state index contributed by atoms with van der Waals surface area (Å²) in [6, 6.07) is 30.2. The molecule has 0 saturated carbocycles. The monoisotopic (exact) mass is 862 g/mol. The number of ether oxygens (including phenoxy) is 14. The molecular formula is C48H62O14. The van der Waals surface area contributed by atoms with Gasteiger partial charge in [0.15, 0.2) is 35.7 Å². The van der Waals surface area contributed by atoms with Gasteiger partial charge < -0.3 is 66.3 Å². The van der Waals surface area contributed by atoms with Crippen LogP contribution in [0.2, 0.25) is 0 Å².